The van der Waals surface area contributed by atoms with Crippen molar-refractivity contribution < 1.29 is 19.7 Å². The van der Waals surface area contributed by atoms with Gasteiger partial charge in [-0.1, -0.05) is 6.07 Å². The summed E-state index contributed by atoms with van der Waals surface area (Å²) in [4.78, 5) is 12.0. The molecule has 0 unspecified atom stereocenters. The Morgan fingerprint density at radius 3 is 2.65 bits per heavy atom. The Kier molecular flexibility index (Phi) is 3.96. The first-order chi connectivity index (χ1) is 7.91. The van der Waals surface area contributed by atoms with E-state index in [1.54, 1.807) is 26.0 Å². The number of hydrogen-bond donors (Lipinski definition) is 3. The lowest BCUT2D eigenvalue weighted by Crippen LogP contribution is -2.46. The summed E-state index contributed by atoms with van der Waals surface area (Å²) in [5.74, 6) is -0.356. The van der Waals surface area contributed by atoms with Crippen molar-refractivity contribution in [2.45, 2.75) is 19.4 Å². The van der Waals surface area contributed by atoms with Crippen LogP contribution in [0.4, 0.5) is 0 Å². The molecule has 0 saturated heterocycles. The number of phenols is 1. The minimum absolute atomic E-state index is 0.0662. The summed E-state index contributed by atoms with van der Waals surface area (Å²) in [5.41, 5.74) is -0.693. The van der Waals surface area contributed by atoms with Gasteiger partial charge in [0.1, 0.15) is 17.1 Å². The number of rotatable bonds is 4. The van der Waals surface area contributed by atoms with E-state index in [9.17, 15) is 9.90 Å². The third-order valence-electron chi connectivity index (χ3n) is 2.30. The number of carbonyl (C=O) groups excluding carboxylic acids is 1. The van der Waals surface area contributed by atoms with E-state index in [-0.39, 0.29) is 23.7 Å². The molecular formula is C12H17NO4. The average molecular weight is 239 g/mol. The summed E-state index contributed by atoms with van der Waals surface area (Å²) in [5, 5.41) is 21.3. The maximum atomic E-state index is 12.0. The lowest BCUT2D eigenvalue weighted by atomic mass is 10.1. The lowest BCUT2D eigenvalue weighted by molar-refractivity contribution is 0.0863. The molecule has 5 nitrogen and oxygen atoms in total. The van der Waals surface area contributed by atoms with Gasteiger partial charge in [0.05, 0.1) is 19.3 Å². The molecular weight excluding hydrogens is 222 g/mol. The minimum atomic E-state index is -0.760. The molecule has 3 N–H and O–H groups in total. The third kappa shape index (κ3) is 3.10. The Labute approximate surface area is 100 Å². The third-order valence-corrected chi connectivity index (χ3v) is 2.30. The first-order valence-corrected chi connectivity index (χ1v) is 5.20. The Morgan fingerprint density at radius 1 is 1.47 bits per heavy atom. The van der Waals surface area contributed by atoms with Crippen molar-refractivity contribution >= 4 is 5.91 Å². The molecule has 0 atom stereocenters. The molecule has 1 aromatic carbocycles. The number of ether oxygens (including phenoxy) is 1. The Balaban J connectivity index is 3.04. The smallest absolute Gasteiger partial charge is 0.259 e. The van der Waals surface area contributed by atoms with Crippen LogP contribution in [-0.2, 0) is 0 Å². The Bertz CT molecular complexity index is 415. The van der Waals surface area contributed by atoms with E-state index in [1.165, 1.54) is 13.2 Å². The molecule has 1 amide bonds. The number of carbonyl (C=O) groups is 1. The highest BCUT2D eigenvalue weighted by molar-refractivity contribution is 5.99. The molecule has 0 aliphatic rings. The Hall–Kier alpha value is -1.75. The van der Waals surface area contributed by atoms with Crippen LogP contribution < -0.4 is 10.1 Å². The first kappa shape index (κ1) is 13.3. The minimum Gasteiger partial charge on any atom is -0.507 e. The van der Waals surface area contributed by atoms with Gasteiger partial charge in [0.15, 0.2) is 0 Å². The van der Waals surface area contributed by atoms with Crippen molar-refractivity contribution in [2.75, 3.05) is 13.7 Å². The van der Waals surface area contributed by atoms with E-state index in [0.717, 1.165) is 0 Å². The molecule has 5 heteroatoms. The van der Waals surface area contributed by atoms with Crippen molar-refractivity contribution in [2.24, 2.45) is 0 Å². The molecule has 1 rings (SSSR count). The van der Waals surface area contributed by atoms with E-state index in [0.29, 0.717) is 0 Å². The van der Waals surface area contributed by atoms with Crippen LogP contribution in [0.15, 0.2) is 18.2 Å². The summed E-state index contributed by atoms with van der Waals surface area (Å²) in [6.45, 7) is 3.16. The van der Waals surface area contributed by atoms with Crippen molar-refractivity contribution in [1.82, 2.24) is 5.32 Å². The van der Waals surface area contributed by atoms with E-state index in [2.05, 4.69) is 5.32 Å². The zero-order valence-electron chi connectivity index (χ0n) is 10.2. The molecule has 0 fully saturated rings. The van der Waals surface area contributed by atoms with Gasteiger partial charge in [-0.2, -0.15) is 0 Å². The zero-order chi connectivity index (χ0) is 13.1. The second-order valence-corrected chi connectivity index (χ2v) is 4.35. The number of hydrogen-bond acceptors (Lipinski definition) is 4. The molecule has 0 aliphatic carbocycles. The van der Waals surface area contributed by atoms with Crippen molar-refractivity contribution in [1.29, 1.82) is 0 Å². The van der Waals surface area contributed by atoms with Gasteiger partial charge in [0.2, 0.25) is 0 Å². The highest BCUT2D eigenvalue weighted by Crippen LogP contribution is 2.27. The maximum Gasteiger partial charge on any atom is 0.259 e. The van der Waals surface area contributed by atoms with Crippen LogP contribution in [0.5, 0.6) is 11.5 Å². The fourth-order valence-corrected chi connectivity index (χ4v) is 1.33. The molecule has 1 aromatic rings. The molecule has 0 heterocycles. The highest BCUT2D eigenvalue weighted by Gasteiger charge is 2.24. The summed E-state index contributed by atoms with van der Waals surface area (Å²) in [6.07, 6.45) is 0. The summed E-state index contributed by atoms with van der Waals surface area (Å²) < 4.78 is 5.01. The monoisotopic (exact) mass is 239 g/mol. The van der Waals surface area contributed by atoms with Gasteiger partial charge >= 0.3 is 0 Å². The van der Waals surface area contributed by atoms with E-state index in [4.69, 9.17) is 9.84 Å². The van der Waals surface area contributed by atoms with Crippen LogP contribution in [0, 0.1) is 0 Å². The lowest BCUT2D eigenvalue weighted by Gasteiger charge is -2.24. The molecule has 94 valence electrons. The maximum absolute atomic E-state index is 12.0. The van der Waals surface area contributed by atoms with Gasteiger partial charge in [0, 0.05) is 0 Å². The average Bonchev–Trinajstić information content (AvgIpc) is 2.27. The van der Waals surface area contributed by atoms with E-state index in [1.807, 2.05) is 0 Å². The standard InChI is InChI=1S/C12H17NO4/c1-12(2,7-14)13-11(16)10-8(15)5-4-6-9(10)17-3/h4-6,14-15H,7H2,1-3H3,(H,13,16). The van der Waals surface area contributed by atoms with Crippen molar-refractivity contribution in [3.63, 3.8) is 0 Å². The van der Waals surface area contributed by atoms with Gasteiger partial charge in [-0.05, 0) is 26.0 Å². The second-order valence-electron chi connectivity index (χ2n) is 4.35. The summed E-state index contributed by atoms with van der Waals surface area (Å²) in [6, 6.07) is 4.58. The topological polar surface area (TPSA) is 78.8 Å². The number of aromatic hydroxyl groups is 1. The predicted octanol–water partition coefficient (Wildman–Crippen LogP) is 0.901. The molecule has 0 radical (unpaired) electrons. The number of amides is 1. The van der Waals surface area contributed by atoms with E-state index < -0.39 is 11.4 Å². The van der Waals surface area contributed by atoms with Gasteiger partial charge in [0.25, 0.3) is 5.91 Å². The highest BCUT2D eigenvalue weighted by atomic mass is 16.5. The van der Waals surface area contributed by atoms with Crippen LogP contribution in [0.25, 0.3) is 0 Å². The van der Waals surface area contributed by atoms with Crippen LogP contribution in [0.2, 0.25) is 0 Å². The van der Waals surface area contributed by atoms with Crippen LogP contribution in [0.1, 0.15) is 24.2 Å². The van der Waals surface area contributed by atoms with Crippen LogP contribution in [0.3, 0.4) is 0 Å². The van der Waals surface area contributed by atoms with Gasteiger partial charge in [-0.25, -0.2) is 0 Å². The number of aliphatic hydroxyl groups is 1. The van der Waals surface area contributed by atoms with Gasteiger partial charge < -0.3 is 20.3 Å². The van der Waals surface area contributed by atoms with Gasteiger partial charge in [-0.3, -0.25) is 4.79 Å². The quantitative estimate of drug-likeness (QED) is 0.729. The molecule has 17 heavy (non-hydrogen) atoms. The van der Waals surface area contributed by atoms with Gasteiger partial charge in [-0.15, -0.1) is 0 Å². The fraction of sp³-hybridized carbons (Fsp3) is 0.417. The van der Waals surface area contributed by atoms with Crippen LogP contribution >= 0.6 is 0 Å². The largest absolute Gasteiger partial charge is 0.507 e. The molecule has 0 saturated carbocycles. The molecule has 0 bridgehead atoms. The molecule has 0 aromatic heterocycles. The Morgan fingerprint density at radius 2 is 2.12 bits per heavy atom. The van der Waals surface area contributed by atoms with Crippen LogP contribution in [-0.4, -0.2) is 35.4 Å². The number of aliphatic hydroxyl groups excluding tert-OH is 1. The number of phenolic OH excluding ortho intramolecular Hbond substituents is 1. The number of nitrogens with one attached hydrogen (secondary N) is 1. The second kappa shape index (κ2) is 5.05. The normalized spacial score (nSPS) is 11.1. The van der Waals surface area contributed by atoms with E-state index >= 15 is 0 Å². The SMILES string of the molecule is COc1cccc(O)c1C(=O)NC(C)(C)CO. The van der Waals surface area contributed by atoms with Crippen molar-refractivity contribution in [3.8, 4) is 11.5 Å². The fourth-order valence-electron chi connectivity index (χ4n) is 1.33. The van der Waals surface area contributed by atoms with Crippen molar-refractivity contribution in [3.05, 3.63) is 23.8 Å². The number of benzene rings is 1. The first-order valence-electron chi connectivity index (χ1n) is 5.20. The summed E-state index contributed by atoms with van der Waals surface area (Å²) in [7, 11) is 1.42. The number of methoxy groups -OCH3 is 1. The predicted molar refractivity (Wildman–Crippen MR) is 63.3 cm³/mol. The zero-order valence-corrected chi connectivity index (χ0v) is 10.2. The molecule has 0 spiro atoms. The molecule has 0 aliphatic heterocycles. The summed E-state index contributed by atoms with van der Waals surface area (Å²) >= 11 is 0.